The van der Waals surface area contributed by atoms with E-state index in [0.717, 1.165) is 16.6 Å². The van der Waals surface area contributed by atoms with Crippen molar-refractivity contribution in [2.24, 2.45) is 0 Å². The van der Waals surface area contributed by atoms with E-state index in [9.17, 15) is 19.7 Å². The Bertz CT molecular complexity index is 776. The fourth-order valence-corrected chi connectivity index (χ4v) is 2.23. The van der Waals surface area contributed by atoms with Gasteiger partial charge in [0.2, 0.25) is 0 Å². The molecule has 0 aromatic heterocycles. The van der Waals surface area contributed by atoms with E-state index >= 15 is 0 Å². The van der Waals surface area contributed by atoms with Crippen LogP contribution in [0.3, 0.4) is 0 Å². The van der Waals surface area contributed by atoms with E-state index < -0.39 is 17.5 Å². The lowest BCUT2D eigenvalue weighted by atomic mass is 10.1. The van der Waals surface area contributed by atoms with E-state index in [2.05, 4.69) is 15.9 Å². The molecule has 0 radical (unpaired) electrons. The highest BCUT2D eigenvalue weighted by Gasteiger charge is 2.17. The zero-order valence-corrected chi connectivity index (χ0v) is 13.8. The normalized spacial score (nSPS) is 10.2. The first-order chi connectivity index (χ1) is 10.9. The van der Waals surface area contributed by atoms with Gasteiger partial charge in [-0.25, -0.2) is 4.79 Å². The second kappa shape index (κ2) is 7.34. The molecule has 0 amide bonds. The fraction of sp³-hybridized carbons (Fsp3) is 0.0667. The van der Waals surface area contributed by atoms with E-state index in [1.54, 1.807) is 24.3 Å². The van der Waals surface area contributed by atoms with Crippen molar-refractivity contribution >= 4 is 45.0 Å². The standard InChI is InChI=1S/C15H9BrClNO5/c16-11-4-1-9(2-5-11)14(19)8-23-15(20)10-3-6-13(18(21)22)12(17)7-10/h1-7H,8H2. The van der Waals surface area contributed by atoms with Crippen LogP contribution in [0.5, 0.6) is 0 Å². The second-order valence-electron chi connectivity index (χ2n) is 4.43. The van der Waals surface area contributed by atoms with Crippen LogP contribution in [0, 0.1) is 10.1 Å². The Hall–Kier alpha value is -2.25. The highest BCUT2D eigenvalue weighted by atomic mass is 79.9. The fourth-order valence-electron chi connectivity index (χ4n) is 1.72. The Morgan fingerprint density at radius 3 is 2.30 bits per heavy atom. The SMILES string of the molecule is O=C(COC(=O)c1ccc([N+](=O)[O-])c(Cl)c1)c1ccc(Br)cc1. The van der Waals surface area contributed by atoms with Gasteiger partial charge >= 0.3 is 5.97 Å². The first-order valence-corrected chi connectivity index (χ1v) is 7.45. The predicted octanol–water partition coefficient (Wildman–Crippen LogP) is 4.05. The van der Waals surface area contributed by atoms with Crippen LogP contribution in [0.25, 0.3) is 0 Å². The smallest absolute Gasteiger partial charge is 0.338 e. The third-order valence-corrected chi connectivity index (χ3v) is 3.71. The number of ether oxygens (including phenoxy) is 1. The summed E-state index contributed by atoms with van der Waals surface area (Å²) in [7, 11) is 0. The molecule has 0 atom stereocenters. The molecule has 2 rings (SSSR count). The Kier molecular flexibility index (Phi) is 5.46. The molecule has 0 heterocycles. The van der Waals surface area contributed by atoms with E-state index in [-0.39, 0.29) is 22.1 Å². The minimum atomic E-state index is -0.785. The number of carbonyl (C=O) groups excluding carboxylic acids is 2. The number of benzene rings is 2. The molecule has 8 heteroatoms. The van der Waals surface area contributed by atoms with Crippen LogP contribution in [-0.4, -0.2) is 23.3 Å². The Morgan fingerprint density at radius 2 is 1.74 bits per heavy atom. The lowest BCUT2D eigenvalue weighted by Gasteiger charge is -2.05. The third kappa shape index (κ3) is 4.37. The highest BCUT2D eigenvalue weighted by Crippen LogP contribution is 2.25. The van der Waals surface area contributed by atoms with Gasteiger partial charge in [-0.1, -0.05) is 39.7 Å². The van der Waals surface area contributed by atoms with Gasteiger partial charge < -0.3 is 4.74 Å². The van der Waals surface area contributed by atoms with Crippen molar-refractivity contribution in [2.45, 2.75) is 0 Å². The minimum Gasteiger partial charge on any atom is -0.454 e. The number of Topliss-reactive ketones (excluding diaryl/α,β-unsaturated/α-hetero) is 1. The molecule has 2 aromatic carbocycles. The summed E-state index contributed by atoms with van der Waals surface area (Å²) in [5.74, 6) is -1.15. The maximum Gasteiger partial charge on any atom is 0.338 e. The maximum absolute atomic E-state index is 11.9. The van der Waals surface area contributed by atoms with Crippen molar-refractivity contribution in [1.29, 1.82) is 0 Å². The molecule has 23 heavy (non-hydrogen) atoms. The number of hydrogen-bond donors (Lipinski definition) is 0. The number of hydrogen-bond acceptors (Lipinski definition) is 5. The van der Waals surface area contributed by atoms with E-state index in [1.165, 1.54) is 6.07 Å². The molecular weight excluding hydrogens is 390 g/mol. The van der Waals surface area contributed by atoms with Crippen molar-refractivity contribution in [2.75, 3.05) is 6.61 Å². The van der Waals surface area contributed by atoms with Crippen molar-refractivity contribution in [1.82, 2.24) is 0 Å². The van der Waals surface area contributed by atoms with Gasteiger partial charge in [-0.05, 0) is 24.3 Å². The van der Waals surface area contributed by atoms with Gasteiger partial charge in [-0.2, -0.15) is 0 Å². The van der Waals surface area contributed by atoms with Crippen molar-refractivity contribution < 1.29 is 19.2 Å². The van der Waals surface area contributed by atoms with E-state index in [1.807, 2.05) is 0 Å². The topological polar surface area (TPSA) is 86.5 Å². The summed E-state index contributed by atoms with van der Waals surface area (Å²) in [4.78, 5) is 33.7. The molecular formula is C15H9BrClNO5. The van der Waals surface area contributed by atoms with Crippen LogP contribution in [0.4, 0.5) is 5.69 Å². The molecule has 0 saturated carbocycles. The van der Waals surface area contributed by atoms with Gasteiger partial charge in [0.1, 0.15) is 5.02 Å². The van der Waals surface area contributed by atoms with E-state index in [0.29, 0.717) is 5.56 Å². The van der Waals surface area contributed by atoms with Gasteiger partial charge in [-0.3, -0.25) is 14.9 Å². The van der Waals surface area contributed by atoms with Crippen LogP contribution in [0.2, 0.25) is 5.02 Å². The first-order valence-electron chi connectivity index (χ1n) is 6.28. The van der Waals surface area contributed by atoms with Gasteiger partial charge in [0.05, 0.1) is 10.5 Å². The summed E-state index contributed by atoms with van der Waals surface area (Å²) < 4.78 is 5.73. The predicted molar refractivity (Wildman–Crippen MR) is 86.9 cm³/mol. The Balaban J connectivity index is 2.02. The molecule has 0 aliphatic rings. The number of rotatable bonds is 5. The highest BCUT2D eigenvalue weighted by molar-refractivity contribution is 9.10. The van der Waals surface area contributed by atoms with E-state index in [4.69, 9.17) is 16.3 Å². The molecule has 0 bridgehead atoms. The molecule has 0 unspecified atom stereocenters. The number of halogens is 2. The number of nitro benzene ring substituents is 1. The van der Waals surface area contributed by atoms with Crippen molar-refractivity contribution in [3.63, 3.8) is 0 Å². The molecule has 0 saturated heterocycles. The van der Waals surface area contributed by atoms with Gasteiger partial charge in [0.25, 0.3) is 5.69 Å². The summed E-state index contributed by atoms with van der Waals surface area (Å²) in [5, 5.41) is 10.5. The maximum atomic E-state index is 11.9. The summed E-state index contributed by atoms with van der Waals surface area (Å²) >= 11 is 8.97. The average molecular weight is 399 g/mol. The van der Waals surface area contributed by atoms with Crippen LogP contribution in [-0.2, 0) is 4.74 Å². The lowest BCUT2D eigenvalue weighted by Crippen LogP contribution is -2.14. The molecule has 0 aliphatic carbocycles. The largest absolute Gasteiger partial charge is 0.454 e. The first kappa shape index (κ1) is 17.1. The van der Waals surface area contributed by atoms with Crippen LogP contribution in [0.1, 0.15) is 20.7 Å². The van der Waals surface area contributed by atoms with Crippen LogP contribution < -0.4 is 0 Å². The van der Waals surface area contributed by atoms with Gasteiger partial charge in [0, 0.05) is 16.1 Å². The average Bonchev–Trinajstić information content (AvgIpc) is 2.52. The molecule has 6 nitrogen and oxygen atoms in total. The number of carbonyl (C=O) groups is 2. The zero-order chi connectivity index (χ0) is 17.0. The summed E-state index contributed by atoms with van der Waals surface area (Å²) in [6.07, 6.45) is 0. The second-order valence-corrected chi connectivity index (χ2v) is 5.75. The monoisotopic (exact) mass is 397 g/mol. The lowest BCUT2D eigenvalue weighted by molar-refractivity contribution is -0.384. The number of nitrogens with zero attached hydrogens (tertiary/aromatic N) is 1. The summed E-state index contributed by atoms with van der Waals surface area (Å²) in [5.41, 5.74) is 0.126. The summed E-state index contributed by atoms with van der Waals surface area (Å²) in [6.45, 7) is -0.435. The summed E-state index contributed by atoms with van der Waals surface area (Å²) in [6, 6.07) is 10.1. The minimum absolute atomic E-state index is 0.0317. The molecule has 2 aromatic rings. The van der Waals surface area contributed by atoms with Gasteiger partial charge in [-0.15, -0.1) is 0 Å². The van der Waals surface area contributed by atoms with Gasteiger partial charge in [0.15, 0.2) is 12.4 Å². The molecule has 118 valence electrons. The molecule has 0 N–H and O–H groups in total. The zero-order valence-electron chi connectivity index (χ0n) is 11.5. The molecule has 0 spiro atoms. The Labute approximate surface area is 144 Å². The third-order valence-electron chi connectivity index (χ3n) is 2.88. The van der Waals surface area contributed by atoms with Crippen molar-refractivity contribution in [3.05, 3.63) is 73.2 Å². The number of ketones is 1. The van der Waals surface area contributed by atoms with Crippen LogP contribution in [0.15, 0.2) is 46.9 Å². The number of esters is 1. The Morgan fingerprint density at radius 1 is 1.13 bits per heavy atom. The molecule has 0 aliphatic heterocycles. The number of nitro groups is 1. The van der Waals surface area contributed by atoms with Crippen LogP contribution >= 0.6 is 27.5 Å². The quantitative estimate of drug-likeness (QED) is 0.328. The van der Waals surface area contributed by atoms with Crippen molar-refractivity contribution in [3.8, 4) is 0 Å². The molecule has 0 fully saturated rings.